The summed E-state index contributed by atoms with van der Waals surface area (Å²) in [6.07, 6.45) is -0.0358. The van der Waals surface area contributed by atoms with Gasteiger partial charge < -0.3 is 20.5 Å². The van der Waals surface area contributed by atoms with E-state index in [0.29, 0.717) is 24.0 Å². The quantitative estimate of drug-likeness (QED) is 0.142. The van der Waals surface area contributed by atoms with Crippen molar-refractivity contribution in [3.05, 3.63) is 106 Å². The molecule has 0 saturated heterocycles. The van der Waals surface area contributed by atoms with Gasteiger partial charge in [0.25, 0.3) is 5.91 Å². The van der Waals surface area contributed by atoms with E-state index in [1.807, 2.05) is 6.92 Å². The average Bonchev–Trinajstić information content (AvgIpc) is 3.65. The first-order chi connectivity index (χ1) is 22.7. The zero-order valence-corrected chi connectivity index (χ0v) is 25.0. The summed E-state index contributed by atoms with van der Waals surface area (Å²) < 4.78 is 55.5. The van der Waals surface area contributed by atoms with Crippen molar-refractivity contribution in [3.8, 4) is 6.07 Å². The molecule has 3 heterocycles. The summed E-state index contributed by atoms with van der Waals surface area (Å²) in [7, 11) is 0. The minimum atomic E-state index is -4.90. The van der Waals surface area contributed by atoms with Gasteiger partial charge in [-0.15, -0.1) is 0 Å². The minimum Gasteiger partial charge on any atom is -0.477 e. The summed E-state index contributed by atoms with van der Waals surface area (Å²) >= 11 is 0. The number of hydrogen-bond acceptors (Lipinski definition) is 9. The average molecular weight is 668 g/mol. The van der Waals surface area contributed by atoms with E-state index in [2.05, 4.69) is 27.0 Å². The van der Waals surface area contributed by atoms with Crippen molar-refractivity contribution in [3.63, 3.8) is 0 Å². The largest absolute Gasteiger partial charge is 0.477 e. The number of carbonyl (C=O) groups is 4. The van der Waals surface area contributed by atoms with Gasteiger partial charge >= 0.3 is 24.0 Å². The lowest BCUT2D eigenvalue weighted by Gasteiger charge is -2.16. The first-order valence-electron chi connectivity index (χ1n) is 13.9. The normalized spacial score (nSPS) is 13.4. The second kappa shape index (κ2) is 14.5. The van der Waals surface area contributed by atoms with E-state index in [1.165, 1.54) is 24.4 Å². The molecule has 1 aliphatic carbocycles. The Labute approximate surface area is 268 Å². The molecule has 3 N–H and O–H groups in total. The Morgan fingerprint density at radius 1 is 1.23 bits per heavy atom. The second-order valence-electron chi connectivity index (χ2n) is 10.2. The minimum absolute atomic E-state index is 0.0822. The highest BCUT2D eigenvalue weighted by Crippen LogP contribution is 2.35. The van der Waals surface area contributed by atoms with Crippen LogP contribution in [0.4, 0.5) is 17.6 Å². The van der Waals surface area contributed by atoms with Crippen molar-refractivity contribution in [1.82, 2.24) is 30.2 Å². The molecule has 0 aliphatic heterocycles. The number of aromatic nitrogens is 4. The number of aromatic carboxylic acids is 1. The molecular formula is C31H25F4N7O6. The van der Waals surface area contributed by atoms with Gasteiger partial charge in [-0.25, -0.2) is 28.5 Å². The van der Waals surface area contributed by atoms with Crippen molar-refractivity contribution in [1.29, 1.82) is 5.26 Å². The van der Waals surface area contributed by atoms with Crippen LogP contribution in [0.3, 0.4) is 0 Å². The van der Waals surface area contributed by atoms with Gasteiger partial charge in [-0.05, 0) is 60.2 Å². The van der Waals surface area contributed by atoms with Crippen LogP contribution in [0.1, 0.15) is 71.7 Å². The highest BCUT2D eigenvalue weighted by molar-refractivity contribution is 5.96. The third-order valence-electron chi connectivity index (χ3n) is 7.08. The highest BCUT2D eigenvalue weighted by Gasteiger charge is 2.38. The smallest absolute Gasteiger partial charge is 0.471 e. The van der Waals surface area contributed by atoms with Crippen LogP contribution in [0.2, 0.25) is 0 Å². The molecule has 0 saturated carbocycles. The Kier molecular flexibility index (Phi) is 10.5. The first-order valence-corrected chi connectivity index (χ1v) is 13.9. The van der Waals surface area contributed by atoms with E-state index < -0.39 is 41.4 Å². The van der Waals surface area contributed by atoms with Crippen molar-refractivity contribution in [2.45, 2.75) is 38.5 Å². The fourth-order valence-corrected chi connectivity index (χ4v) is 4.83. The number of benzene rings is 1. The molecule has 0 fully saturated rings. The molecule has 1 aliphatic rings. The van der Waals surface area contributed by atoms with E-state index in [1.54, 1.807) is 23.5 Å². The predicted molar refractivity (Wildman–Crippen MR) is 157 cm³/mol. The van der Waals surface area contributed by atoms with Gasteiger partial charge in [0, 0.05) is 18.8 Å². The molecule has 1 aromatic carbocycles. The number of hydrogen-bond donors (Lipinski definition) is 3. The number of pyridine rings is 1. The van der Waals surface area contributed by atoms with E-state index >= 15 is 0 Å². The number of rotatable bonds is 8. The van der Waals surface area contributed by atoms with Crippen molar-refractivity contribution in [2.24, 2.45) is 0 Å². The highest BCUT2D eigenvalue weighted by atomic mass is 19.4. The standard InChI is InChI=1S/C22H19FN4O5.C9H6F3N3O/c1-3-8-32-22(31)13-4-5-14-12(11(13)2)6-7-16(14)26-20(28)18-9-17(21(29)30)25-19-15(23)10-24-27(18)19;10-9(11,12)8(16)15-5-6-1-2-14-7(3-6)4-13/h3-5,9-10,16H,1,6-8H2,2H3,(H,26,28)(H,29,30);1-3H,5H2,(H,15,16)/t16-;/m0./s1. The summed E-state index contributed by atoms with van der Waals surface area (Å²) in [4.78, 5) is 54.4. The van der Waals surface area contributed by atoms with Crippen LogP contribution in [0.25, 0.3) is 5.65 Å². The molecule has 0 radical (unpaired) electrons. The van der Waals surface area contributed by atoms with Crippen LogP contribution >= 0.6 is 0 Å². The zero-order chi connectivity index (χ0) is 35.2. The van der Waals surface area contributed by atoms with Gasteiger partial charge in [0.1, 0.15) is 24.1 Å². The van der Waals surface area contributed by atoms with Crippen molar-refractivity contribution >= 4 is 29.4 Å². The maximum Gasteiger partial charge on any atom is 0.471 e. The third kappa shape index (κ3) is 7.78. The van der Waals surface area contributed by atoms with Gasteiger partial charge in [-0.1, -0.05) is 18.7 Å². The van der Waals surface area contributed by atoms with E-state index in [0.717, 1.165) is 33.5 Å². The summed E-state index contributed by atoms with van der Waals surface area (Å²) in [5.74, 6) is -5.30. The number of carboxylic acid groups (broad SMARTS) is 1. The van der Waals surface area contributed by atoms with Gasteiger partial charge in [0.2, 0.25) is 0 Å². The number of carbonyl (C=O) groups excluding carboxylic acids is 3. The first kappa shape index (κ1) is 34.7. The number of alkyl halides is 3. The molecule has 248 valence electrons. The molecular weight excluding hydrogens is 642 g/mol. The number of fused-ring (bicyclic) bond motifs is 2. The molecule has 13 nitrogen and oxygen atoms in total. The summed E-state index contributed by atoms with van der Waals surface area (Å²) in [5.41, 5.74) is 2.53. The van der Waals surface area contributed by atoms with Crippen molar-refractivity contribution in [2.75, 3.05) is 6.61 Å². The van der Waals surface area contributed by atoms with E-state index in [-0.39, 0.29) is 36.2 Å². The zero-order valence-electron chi connectivity index (χ0n) is 25.0. The van der Waals surface area contributed by atoms with Crippen LogP contribution < -0.4 is 10.6 Å². The number of carboxylic acids is 1. The number of nitrogens with zero attached hydrogens (tertiary/aromatic N) is 5. The van der Waals surface area contributed by atoms with Crippen molar-refractivity contribution < 1.29 is 46.6 Å². The van der Waals surface area contributed by atoms with Crippen LogP contribution in [-0.4, -0.2) is 61.2 Å². The second-order valence-corrected chi connectivity index (χ2v) is 10.2. The molecule has 4 aromatic rings. The van der Waals surface area contributed by atoms with Crippen LogP contribution in [0, 0.1) is 24.1 Å². The Hall–Kier alpha value is -6.18. The Balaban J connectivity index is 0.000000274. The molecule has 0 spiro atoms. The molecule has 5 rings (SSSR count). The van der Waals surface area contributed by atoms with Gasteiger partial charge in [-0.2, -0.15) is 23.5 Å². The Morgan fingerprint density at radius 2 is 1.98 bits per heavy atom. The molecule has 1 atom stereocenters. The maximum atomic E-state index is 13.9. The van der Waals surface area contributed by atoms with Gasteiger partial charge in [-0.3, -0.25) is 9.59 Å². The van der Waals surface area contributed by atoms with E-state index in [4.69, 9.17) is 10.00 Å². The SMILES string of the molecule is C=CCOC(=O)c1ccc2c(c1C)CC[C@@H]2NC(=O)c1cc(C(=O)O)nc2c(F)cnn12.N#Cc1cc(CNC(=O)C(F)(F)F)ccn1. The molecule has 3 aromatic heterocycles. The predicted octanol–water partition coefficient (Wildman–Crippen LogP) is 3.77. The summed E-state index contributed by atoms with van der Waals surface area (Å²) in [6, 6.07) is 8.56. The molecule has 0 bridgehead atoms. The number of nitrogens with one attached hydrogen (secondary N) is 2. The number of esters is 1. The van der Waals surface area contributed by atoms with Gasteiger partial charge in [0.15, 0.2) is 17.2 Å². The number of nitriles is 1. The fourth-order valence-electron chi connectivity index (χ4n) is 4.83. The molecule has 0 unspecified atom stereocenters. The lowest BCUT2D eigenvalue weighted by molar-refractivity contribution is -0.173. The maximum absolute atomic E-state index is 13.9. The Bertz CT molecular complexity index is 1970. The number of amides is 2. The molecule has 48 heavy (non-hydrogen) atoms. The van der Waals surface area contributed by atoms with Crippen LogP contribution in [-0.2, 0) is 22.5 Å². The van der Waals surface area contributed by atoms with Crippen LogP contribution in [0.5, 0.6) is 0 Å². The molecule has 17 heteroatoms. The lowest BCUT2D eigenvalue weighted by Crippen LogP contribution is -2.36. The summed E-state index contributed by atoms with van der Waals surface area (Å²) in [6.45, 7) is 5.16. The number of ether oxygens (including phenoxy) is 1. The monoisotopic (exact) mass is 667 g/mol. The molecule has 2 amide bonds. The third-order valence-corrected chi connectivity index (χ3v) is 7.08. The topological polar surface area (TPSA) is 189 Å². The van der Waals surface area contributed by atoms with Gasteiger partial charge in [0.05, 0.1) is 17.8 Å². The Morgan fingerprint density at radius 3 is 2.65 bits per heavy atom. The van der Waals surface area contributed by atoms with Crippen LogP contribution in [0.15, 0.2) is 55.4 Å². The fraction of sp³-hybridized carbons (Fsp3) is 0.226. The lowest BCUT2D eigenvalue weighted by atomic mass is 9.98. The summed E-state index contributed by atoms with van der Waals surface area (Å²) in [5, 5.41) is 26.1. The van der Waals surface area contributed by atoms with E-state index in [9.17, 15) is 41.8 Å². The number of halogens is 4.